The van der Waals surface area contributed by atoms with Crippen LogP contribution in [0.1, 0.15) is 30.7 Å². The van der Waals surface area contributed by atoms with Crippen molar-refractivity contribution in [2.24, 2.45) is 5.92 Å². The molecule has 0 aliphatic heterocycles. The monoisotopic (exact) mass is 210 g/mol. The Balaban J connectivity index is 2.14. The number of aliphatic hydroxyl groups excluding tert-OH is 1. The molecule has 0 heterocycles. The van der Waals surface area contributed by atoms with Crippen LogP contribution in [0.4, 0.5) is 0 Å². The van der Waals surface area contributed by atoms with Gasteiger partial charge >= 0.3 is 0 Å². The van der Waals surface area contributed by atoms with Crippen LogP contribution >= 0.6 is 11.6 Å². The summed E-state index contributed by atoms with van der Waals surface area (Å²) < 4.78 is 0. The van der Waals surface area contributed by atoms with E-state index in [0.717, 1.165) is 5.02 Å². The fourth-order valence-corrected chi connectivity index (χ4v) is 2.20. The SMILES string of the molecule is OCC(c1ccc(Cl)cc1)C1CCC1. The Morgan fingerprint density at radius 3 is 2.36 bits per heavy atom. The second kappa shape index (κ2) is 4.33. The number of halogens is 1. The quantitative estimate of drug-likeness (QED) is 0.813. The van der Waals surface area contributed by atoms with Gasteiger partial charge in [0.25, 0.3) is 0 Å². The number of hydrogen-bond acceptors (Lipinski definition) is 1. The molecule has 1 aromatic rings. The predicted molar refractivity (Wildman–Crippen MR) is 58.6 cm³/mol. The Hall–Kier alpha value is -0.530. The van der Waals surface area contributed by atoms with Crippen molar-refractivity contribution in [3.05, 3.63) is 34.9 Å². The molecule has 2 heteroatoms. The highest BCUT2D eigenvalue weighted by Gasteiger charge is 2.27. The Morgan fingerprint density at radius 1 is 1.29 bits per heavy atom. The molecule has 1 aliphatic carbocycles. The minimum Gasteiger partial charge on any atom is -0.396 e. The fraction of sp³-hybridized carbons (Fsp3) is 0.500. The number of aliphatic hydroxyl groups is 1. The van der Waals surface area contributed by atoms with Gasteiger partial charge in [-0.05, 0) is 36.5 Å². The highest BCUT2D eigenvalue weighted by Crippen LogP contribution is 2.39. The fourth-order valence-electron chi connectivity index (χ4n) is 2.08. The van der Waals surface area contributed by atoms with Gasteiger partial charge in [-0.3, -0.25) is 0 Å². The Labute approximate surface area is 89.7 Å². The van der Waals surface area contributed by atoms with E-state index in [1.165, 1.54) is 24.8 Å². The van der Waals surface area contributed by atoms with Gasteiger partial charge in [-0.25, -0.2) is 0 Å². The molecule has 1 fully saturated rings. The van der Waals surface area contributed by atoms with Crippen molar-refractivity contribution < 1.29 is 5.11 Å². The molecule has 1 saturated carbocycles. The Morgan fingerprint density at radius 2 is 1.93 bits per heavy atom. The lowest BCUT2D eigenvalue weighted by Crippen LogP contribution is -2.22. The molecule has 1 aliphatic rings. The zero-order valence-corrected chi connectivity index (χ0v) is 8.87. The normalized spacial score (nSPS) is 19.0. The summed E-state index contributed by atoms with van der Waals surface area (Å²) in [6, 6.07) is 7.86. The molecular formula is C12H15ClO. The summed E-state index contributed by atoms with van der Waals surface area (Å²) in [5.41, 5.74) is 1.22. The molecule has 0 aromatic heterocycles. The average molecular weight is 211 g/mol. The Kier molecular flexibility index (Phi) is 3.09. The van der Waals surface area contributed by atoms with Crippen LogP contribution in [0, 0.1) is 5.92 Å². The number of benzene rings is 1. The molecule has 0 saturated heterocycles. The van der Waals surface area contributed by atoms with Gasteiger partial charge in [0, 0.05) is 10.9 Å². The molecule has 14 heavy (non-hydrogen) atoms. The summed E-state index contributed by atoms with van der Waals surface area (Å²) in [4.78, 5) is 0. The maximum Gasteiger partial charge on any atom is 0.0502 e. The minimum atomic E-state index is 0.256. The van der Waals surface area contributed by atoms with E-state index >= 15 is 0 Å². The summed E-state index contributed by atoms with van der Waals surface area (Å²) in [5, 5.41) is 10.1. The number of hydrogen-bond donors (Lipinski definition) is 1. The molecule has 1 unspecified atom stereocenters. The van der Waals surface area contributed by atoms with E-state index in [2.05, 4.69) is 0 Å². The Bertz CT molecular complexity index is 290. The molecule has 1 N–H and O–H groups in total. The lowest BCUT2D eigenvalue weighted by atomic mass is 9.73. The van der Waals surface area contributed by atoms with E-state index in [-0.39, 0.29) is 6.61 Å². The average Bonchev–Trinajstić information content (AvgIpc) is 2.13. The second-order valence-electron chi connectivity index (χ2n) is 4.03. The van der Waals surface area contributed by atoms with Crippen LogP contribution in [0.2, 0.25) is 5.02 Å². The van der Waals surface area contributed by atoms with E-state index in [9.17, 15) is 5.11 Å². The smallest absolute Gasteiger partial charge is 0.0502 e. The highest BCUT2D eigenvalue weighted by molar-refractivity contribution is 6.30. The minimum absolute atomic E-state index is 0.256. The van der Waals surface area contributed by atoms with Gasteiger partial charge < -0.3 is 5.11 Å². The zero-order chi connectivity index (χ0) is 9.97. The van der Waals surface area contributed by atoms with Crippen molar-refractivity contribution in [1.29, 1.82) is 0 Å². The summed E-state index contributed by atoms with van der Waals surface area (Å²) in [6.07, 6.45) is 3.83. The molecule has 2 rings (SSSR count). The third-order valence-corrected chi connectivity index (χ3v) is 3.47. The van der Waals surface area contributed by atoms with E-state index in [0.29, 0.717) is 11.8 Å². The largest absolute Gasteiger partial charge is 0.396 e. The molecule has 1 aromatic carbocycles. The summed E-state index contributed by atoms with van der Waals surface area (Å²) >= 11 is 5.82. The summed E-state index contributed by atoms with van der Waals surface area (Å²) in [7, 11) is 0. The van der Waals surface area contributed by atoms with E-state index in [1.54, 1.807) is 0 Å². The van der Waals surface area contributed by atoms with Gasteiger partial charge in [-0.15, -0.1) is 0 Å². The van der Waals surface area contributed by atoms with Gasteiger partial charge in [-0.2, -0.15) is 0 Å². The van der Waals surface area contributed by atoms with Gasteiger partial charge in [-0.1, -0.05) is 30.2 Å². The summed E-state index contributed by atoms with van der Waals surface area (Å²) in [6.45, 7) is 0.256. The van der Waals surface area contributed by atoms with Crippen LogP contribution < -0.4 is 0 Å². The molecule has 1 nitrogen and oxygen atoms in total. The molecule has 76 valence electrons. The summed E-state index contributed by atoms with van der Waals surface area (Å²) in [5.74, 6) is 1.00. The van der Waals surface area contributed by atoms with E-state index in [4.69, 9.17) is 11.6 Å². The molecule has 0 bridgehead atoms. The van der Waals surface area contributed by atoms with Crippen molar-refractivity contribution in [2.75, 3.05) is 6.61 Å². The van der Waals surface area contributed by atoms with Gasteiger partial charge in [0.05, 0.1) is 6.61 Å². The molecular weight excluding hydrogens is 196 g/mol. The van der Waals surface area contributed by atoms with Gasteiger partial charge in [0.2, 0.25) is 0 Å². The van der Waals surface area contributed by atoms with Gasteiger partial charge in [0.15, 0.2) is 0 Å². The zero-order valence-electron chi connectivity index (χ0n) is 8.12. The topological polar surface area (TPSA) is 20.2 Å². The second-order valence-corrected chi connectivity index (χ2v) is 4.47. The number of rotatable bonds is 3. The van der Waals surface area contributed by atoms with Crippen LogP contribution in [0.3, 0.4) is 0 Å². The van der Waals surface area contributed by atoms with Crippen molar-refractivity contribution in [1.82, 2.24) is 0 Å². The van der Waals surface area contributed by atoms with Crippen LogP contribution in [0.5, 0.6) is 0 Å². The third-order valence-electron chi connectivity index (χ3n) is 3.21. The lowest BCUT2D eigenvalue weighted by molar-refractivity contribution is 0.173. The molecule has 0 spiro atoms. The highest BCUT2D eigenvalue weighted by atomic mass is 35.5. The van der Waals surface area contributed by atoms with Crippen molar-refractivity contribution in [3.8, 4) is 0 Å². The van der Waals surface area contributed by atoms with Gasteiger partial charge in [0.1, 0.15) is 0 Å². The van der Waals surface area contributed by atoms with Crippen molar-refractivity contribution in [3.63, 3.8) is 0 Å². The lowest BCUT2D eigenvalue weighted by Gasteiger charge is -2.33. The first kappa shape index (κ1) is 10.0. The van der Waals surface area contributed by atoms with Crippen LogP contribution in [0.25, 0.3) is 0 Å². The first-order valence-electron chi connectivity index (χ1n) is 5.17. The first-order chi connectivity index (χ1) is 6.81. The molecule has 0 amide bonds. The molecule has 0 radical (unpaired) electrons. The van der Waals surface area contributed by atoms with Crippen molar-refractivity contribution in [2.45, 2.75) is 25.2 Å². The van der Waals surface area contributed by atoms with Crippen LogP contribution in [-0.2, 0) is 0 Å². The standard InChI is InChI=1S/C12H15ClO/c13-11-6-4-10(5-7-11)12(8-14)9-2-1-3-9/h4-7,9,12,14H,1-3,8H2. The predicted octanol–water partition coefficient (Wildman–Crippen LogP) is 3.22. The maximum atomic E-state index is 9.35. The maximum absolute atomic E-state index is 9.35. The first-order valence-corrected chi connectivity index (χ1v) is 5.55. The van der Waals surface area contributed by atoms with Crippen LogP contribution in [-0.4, -0.2) is 11.7 Å². The van der Waals surface area contributed by atoms with E-state index < -0.39 is 0 Å². The van der Waals surface area contributed by atoms with Crippen LogP contribution in [0.15, 0.2) is 24.3 Å². The molecule has 1 atom stereocenters. The third kappa shape index (κ3) is 1.94. The van der Waals surface area contributed by atoms with E-state index in [1.807, 2.05) is 24.3 Å². The van der Waals surface area contributed by atoms with Crippen molar-refractivity contribution >= 4 is 11.6 Å².